The Morgan fingerprint density at radius 1 is 1.44 bits per heavy atom. The lowest BCUT2D eigenvalue weighted by molar-refractivity contribution is 0.0593. The first kappa shape index (κ1) is 11.0. The van der Waals surface area contributed by atoms with Crippen LogP contribution in [0, 0.1) is 6.92 Å². The van der Waals surface area contributed by atoms with Crippen molar-refractivity contribution in [3.8, 4) is 0 Å². The molecule has 3 heterocycles. The van der Waals surface area contributed by atoms with E-state index in [1.165, 1.54) is 0 Å². The van der Waals surface area contributed by atoms with Gasteiger partial charge >= 0.3 is 0 Å². The number of hydrogen-bond donors (Lipinski definition) is 1. The van der Waals surface area contributed by atoms with E-state index < -0.39 is 0 Å². The Labute approximate surface area is 106 Å². The van der Waals surface area contributed by atoms with Crippen LogP contribution in [-0.4, -0.2) is 33.9 Å². The molecule has 92 valence electrons. The minimum Gasteiger partial charge on any atom is -0.357 e. The summed E-state index contributed by atoms with van der Waals surface area (Å²) in [5.74, 6) is 0.460. The van der Waals surface area contributed by atoms with E-state index >= 15 is 0 Å². The van der Waals surface area contributed by atoms with Gasteiger partial charge in [0.1, 0.15) is 5.69 Å². The molecule has 1 N–H and O–H groups in total. The summed E-state index contributed by atoms with van der Waals surface area (Å²) in [5, 5.41) is 0. The minimum absolute atomic E-state index is 0.0790. The number of aromatic amines is 1. The van der Waals surface area contributed by atoms with Crippen molar-refractivity contribution in [2.24, 2.45) is 0 Å². The molecule has 0 radical (unpaired) electrons. The number of carbonyl (C=O) groups excluding carboxylic acids is 1. The molecule has 1 amide bonds. The molecule has 0 saturated carbocycles. The van der Waals surface area contributed by atoms with E-state index in [9.17, 15) is 4.79 Å². The van der Waals surface area contributed by atoms with Crippen molar-refractivity contribution in [1.29, 1.82) is 0 Å². The average molecular weight is 241 g/mol. The van der Waals surface area contributed by atoms with Crippen LogP contribution in [0.2, 0.25) is 0 Å². The standard InChI is InChI=1S/C14H15N3O/c1-10-6-13(16-7-10)14(18)17-8-11(9-17)12-4-2-3-5-15-12/h2-7,11,16H,8-9H2,1H3. The van der Waals surface area contributed by atoms with Gasteiger partial charge in [0.2, 0.25) is 0 Å². The summed E-state index contributed by atoms with van der Waals surface area (Å²) >= 11 is 0. The summed E-state index contributed by atoms with van der Waals surface area (Å²) in [6.07, 6.45) is 3.65. The molecular weight excluding hydrogens is 226 g/mol. The van der Waals surface area contributed by atoms with Gasteiger partial charge in [-0.1, -0.05) is 6.07 Å². The van der Waals surface area contributed by atoms with Crippen LogP contribution in [0.3, 0.4) is 0 Å². The highest BCUT2D eigenvalue weighted by Crippen LogP contribution is 2.26. The van der Waals surface area contributed by atoms with E-state index in [0.29, 0.717) is 11.6 Å². The summed E-state index contributed by atoms with van der Waals surface area (Å²) in [6, 6.07) is 7.80. The monoisotopic (exact) mass is 241 g/mol. The van der Waals surface area contributed by atoms with Crippen LogP contribution in [0.25, 0.3) is 0 Å². The number of rotatable bonds is 2. The Hall–Kier alpha value is -2.10. The molecule has 18 heavy (non-hydrogen) atoms. The molecule has 0 aliphatic carbocycles. The molecule has 0 aromatic carbocycles. The largest absolute Gasteiger partial charge is 0.357 e. The van der Waals surface area contributed by atoms with Crippen LogP contribution in [0.15, 0.2) is 36.7 Å². The fourth-order valence-electron chi connectivity index (χ4n) is 2.25. The molecule has 3 rings (SSSR count). The number of H-pyrrole nitrogens is 1. The summed E-state index contributed by atoms with van der Waals surface area (Å²) < 4.78 is 0. The zero-order chi connectivity index (χ0) is 12.5. The first-order valence-corrected chi connectivity index (χ1v) is 6.09. The molecule has 0 spiro atoms. The van der Waals surface area contributed by atoms with Crippen molar-refractivity contribution in [1.82, 2.24) is 14.9 Å². The van der Waals surface area contributed by atoms with Crippen LogP contribution in [0.5, 0.6) is 0 Å². The first-order chi connectivity index (χ1) is 8.74. The molecule has 4 nitrogen and oxygen atoms in total. The Kier molecular flexibility index (Phi) is 2.63. The lowest BCUT2D eigenvalue weighted by Gasteiger charge is -2.38. The van der Waals surface area contributed by atoms with Gasteiger partial charge in [0.15, 0.2) is 0 Å². The van der Waals surface area contributed by atoms with Crippen molar-refractivity contribution < 1.29 is 4.79 Å². The Morgan fingerprint density at radius 3 is 2.89 bits per heavy atom. The van der Waals surface area contributed by atoms with Crippen LogP contribution in [0.1, 0.15) is 27.7 Å². The second-order valence-corrected chi connectivity index (χ2v) is 4.75. The number of carbonyl (C=O) groups is 1. The number of aromatic nitrogens is 2. The summed E-state index contributed by atoms with van der Waals surface area (Å²) in [4.78, 5) is 21.3. The number of aryl methyl sites for hydroxylation is 1. The zero-order valence-electron chi connectivity index (χ0n) is 10.3. The molecule has 0 bridgehead atoms. The van der Waals surface area contributed by atoms with E-state index in [2.05, 4.69) is 9.97 Å². The van der Waals surface area contributed by atoms with E-state index in [-0.39, 0.29) is 5.91 Å². The third-order valence-corrected chi connectivity index (χ3v) is 3.33. The molecule has 1 fully saturated rings. The zero-order valence-corrected chi connectivity index (χ0v) is 10.3. The highest BCUT2D eigenvalue weighted by Gasteiger charge is 2.33. The van der Waals surface area contributed by atoms with Gasteiger partial charge in [0, 0.05) is 37.1 Å². The van der Waals surface area contributed by atoms with Gasteiger partial charge < -0.3 is 9.88 Å². The van der Waals surface area contributed by atoms with E-state index in [1.54, 1.807) is 6.20 Å². The second kappa shape index (κ2) is 4.29. The third kappa shape index (κ3) is 1.90. The van der Waals surface area contributed by atoms with Crippen molar-refractivity contribution >= 4 is 5.91 Å². The fraction of sp³-hybridized carbons (Fsp3) is 0.286. The molecular formula is C14H15N3O. The maximum absolute atomic E-state index is 12.1. The SMILES string of the molecule is Cc1c[nH]c(C(=O)N2CC(c3ccccn3)C2)c1. The first-order valence-electron chi connectivity index (χ1n) is 6.09. The van der Waals surface area contributed by atoms with Crippen molar-refractivity contribution in [3.05, 3.63) is 53.6 Å². The summed E-state index contributed by atoms with van der Waals surface area (Å²) in [7, 11) is 0. The van der Waals surface area contributed by atoms with Crippen LogP contribution < -0.4 is 0 Å². The molecule has 0 atom stereocenters. The van der Waals surface area contributed by atoms with Gasteiger partial charge in [-0.25, -0.2) is 0 Å². The third-order valence-electron chi connectivity index (χ3n) is 3.33. The Morgan fingerprint density at radius 2 is 2.28 bits per heavy atom. The molecule has 1 saturated heterocycles. The Balaban J connectivity index is 1.64. The highest BCUT2D eigenvalue weighted by atomic mass is 16.2. The lowest BCUT2D eigenvalue weighted by Crippen LogP contribution is -2.48. The van der Waals surface area contributed by atoms with Gasteiger partial charge in [0.25, 0.3) is 5.91 Å². The molecule has 1 aliphatic rings. The van der Waals surface area contributed by atoms with Crippen LogP contribution >= 0.6 is 0 Å². The minimum atomic E-state index is 0.0790. The van der Waals surface area contributed by atoms with E-state index in [4.69, 9.17) is 0 Å². The molecule has 2 aromatic heterocycles. The van der Waals surface area contributed by atoms with Crippen LogP contribution in [0.4, 0.5) is 0 Å². The maximum atomic E-state index is 12.1. The van der Waals surface area contributed by atoms with Gasteiger partial charge in [-0.05, 0) is 30.7 Å². The average Bonchev–Trinajstić information content (AvgIpc) is 2.75. The van der Waals surface area contributed by atoms with E-state index in [0.717, 1.165) is 24.3 Å². The Bertz CT molecular complexity index is 555. The fourth-order valence-corrected chi connectivity index (χ4v) is 2.25. The highest BCUT2D eigenvalue weighted by molar-refractivity contribution is 5.93. The second-order valence-electron chi connectivity index (χ2n) is 4.75. The molecule has 4 heteroatoms. The van der Waals surface area contributed by atoms with Crippen molar-refractivity contribution in [3.63, 3.8) is 0 Å². The van der Waals surface area contributed by atoms with Crippen molar-refractivity contribution in [2.45, 2.75) is 12.8 Å². The number of amides is 1. The number of pyridine rings is 1. The smallest absolute Gasteiger partial charge is 0.270 e. The van der Waals surface area contributed by atoms with Gasteiger partial charge in [-0.2, -0.15) is 0 Å². The quantitative estimate of drug-likeness (QED) is 0.873. The molecule has 2 aromatic rings. The van der Waals surface area contributed by atoms with Gasteiger partial charge in [-0.15, -0.1) is 0 Å². The lowest BCUT2D eigenvalue weighted by atomic mass is 9.95. The van der Waals surface area contributed by atoms with Crippen molar-refractivity contribution in [2.75, 3.05) is 13.1 Å². The maximum Gasteiger partial charge on any atom is 0.270 e. The number of hydrogen-bond acceptors (Lipinski definition) is 2. The summed E-state index contributed by atoms with van der Waals surface area (Å²) in [6.45, 7) is 3.49. The van der Waals surface area contributed by atoms with Crippen LogP contribution in [-0.2, 0) is 0 Å². The van der Waals surface area contributed by atoms with E-state index in [1.807, 2.05) is 42.3 Å². The number of nitrogens with zero attached hydrogens (tertiary/aromatic N) is 2. The van der Waals surface area contributed by atoms with Gasteiger partial charge in [-0.3, -0.25) is 9.78 Å². The van der Waals surface area contributed by atoms with Gasteiger partial charge in [0.05, 0.1) is 0 Å². The normalized spacial score (nSPS) is 15.5. The number of nitrogens with one attached hydrogen (secondary N) is 1. The topological polar surface area (TPSA) is 49.0 Å². The summed E-state index contributed by atoms with van der Waals surface area (Å²) in [5.41, 5.74) is 2.83. The molecule has 1 aliphatic heterocycles. The predicted molar refractivity (Wildman–Crippen MR) is 68.4 cm³/mol. The predicted octanol–water partition coefficient (Wildman–Crippen LogP) is 1.96. The number of likely N-dealkylation sites (tertiary alicyclic amines) is 1. The molecule has 0 unspecified atom stereocenters.